The zero-order chi connectivity index (χ0) is 21.7. The van der Waals surface area contributed by atoms with Crippen molar-refractivity contribution in [2.75, 3.05) is 11.9 Å². The first-order valence-electron chi connectivity index (χ1n) is 9.08. The van der Waals surface area contributed by atoms with E-state index in [1.54, 1.807) is 12.1 Å². The van der Waals surface area contributed by atoms with Gasteiger partial charge in [-0.2, -0.15) is 0 Å². The zero-order valence-electron chi connectivity index (χ0n) is 15.9. The van der Waals surface area contributed by atoms with E-state index in [9.17, 15) is 8.78 Å². The van der Waals surface area contributed by atoms with E-state index in [0.717, 1.165) is 5.56 Å². The summed E-state index contributed by atoms with van der Waals surface area (Å²) in [6.45, 7) is 2.94. The summed E-state index contributed by atoms with van der Waals surface area (Å²) in [5.74, 6) is 0.204. The van der Waals surface area contributed by atoms with Crippen LogP contribution in [0.15, 0.2) is 53.0 Å². The molecule has 158 valence electrons. The van der Waals surface area contributed by atoms with Crippen LogP contribution >= 0.6 is 39.1 Å². The van der Waals surface area contributed by atoms with Crippen LogP contribution in [0.2, 0.25) is 10.0 Å². The van der Waals surface area contributed by atoms with Gasteiger partial charge in [-0.25, -0.2) is 8.78 Å². The first-order valence-corrected chi connectivity index (χ1v) is 10.6. The van der Waals surface area contributed by atoms with Gasteiger partial charge in [0.2, 0.25) is 0 Å². The molecular weight excluding hydrogens is 499 g/mol. The molecule has 0 saturated heterocycles. The molecule has 0 bridgehead atoms. The maximum absolute atomic E-state index is 13.3. The highest BCUT2D eigenvalue weighted by Crippen LogP contribution is 2.38. The molecule has 1 N–H and O–H groups in total. The number of rotatable bonds is 8. The summed E-state index contributed by atoms with van der Waals surface area (Å²) in [7, 11) is 0. The molecule has 0 aliphatic rings. The molecule has 30 heavy (non-hydrogen) atoms. The Morgan fingerprint density at radius 2 is 1.77 bits per heavy atom. The molecule has 3 rings (SSSR count). The van der Waals surface area contributed by atoms with Crippen molar-refractivity contribution in [3.8, 4) is 11.5 Å². The SMILES string of the molecule is CCOc1cc(CNc2ccc(F)c(Cl)c2)cc(Br)c1OCc1ccc(F)cc1Cl. The Bertz CT molecular complexity index is 1050. The average Bonchev–Trinajstić information content (AvgIpc) is 2.70. The second kappa shape index (κ2) is 10.3. The third-order valence-corrected chi connectivity index (χ3v) is 5.40. The lowest BCUT2D eigenvalue weighted by Gasteiger charge is -2.16. The molecule has 0 radical (unpaired) electrons. The Hall–Kier alpha value is -2.02. The van der Waals surface area contributed by atoms with Crippen molar-refractivity contribution in [2.24, 2.45) is 0 Å². The van der Waals surface area contributed by atoms with Gasteiger partial charge in [0.05, 0.1) is 21.1 Å². The van der Waals surface area contributed by atoms with Gasteiger partial charge in [0, 0.05) is 17.8 Å². The van der Waals surface area contributed by atoms with E-state index in [2.05, 4.69) is 21.2 Å². The van der Waals surface area contributed by atoms with E-state index in [4.69, 9.17) is 32.7 Å². The molecule has 0 amide bonds. The van der Waals surface area contributed by atoms with Crippen molar-refractivity contribution in [1.82, 2.24) is 0 Å². The number of nitrogens with one attached hydrogen (secondary N) is 1. The van der Waals surface area contributed by atoms with Crippen LogP contribution in [0.1, 0.15) is 18.1 Å². The van der Waals surface area contributed by atoms with Crippen molar-refractivity contribution in [1.29, 1.82) is 0 Å². The van der Waals surface area contributed by atoms with E-state index in [1.807, 2.05) is 19.1 Å². The number of hydrogen-bond acceptors (Lipinski definition) is 3. The number of ether oxygens (including phenoxy) is 2. The monoisotopic (exact) mass is 515 g/mol. The number of hydrogen-bond donors (Lipinski definition) is 1. The maximum Gasteiger partial charge on any atom is 0.175 e. The Morgan fingerprint density at radius 3 is 2.47 bits per heavy atom. The Kier molecular flexibility index (Phi) is 7.81. The minimum absolute atomic E-state index is 0.0550. The molecule has 0 heterocycles. The second-order valence-corrected chi connectivity index (χ2v) is 8.01. The molecule has 0 atom stereocenters. The van der Waals surface area contributed by atoms with Gasteiger partial charge in [0.1, 0.15) is 18.2 Å². The van der Waals surface area contributed by atoms with Crippen LogP contribution in [-0.4, -0.2) is 6.61 Å². The molecule has 0 saturated carbocycles. The molecule has 3 aromatic carbocycles. The third kappa shape index (κ3) is 5.78. The molecule has 0 aliphatic heterocycles. The standard InChI is InChI=1S/C22H18BrCl2F2NO2/c1-2-29-21-8-13(11-28-16-5-6-20(27)19(25)10-16)7-17(23)22(21)30-12-14-3-4-15(26)9-18(14)24/h3-10,28H,2,11-12H2,1H3. The zero-order valence-corrected chi connectivity index (χ0v) is 19.0. The van der Waals surface area contributed by atoms with Crippen molar-refractivity contribution in [3.63, 3.8) is 0 Å². The molecule has 0 spiro atoms. The highest BCUT2D eigenvalue weighted by Gasteiger charge is 2.14. The first kappa shape index (κ1) is 22.7. The van der Waals surface area contributed by atoms with E-state index in [0.29, 0.717) is 45.4 Å². The molecule has 0 aliphatic carbocycles. The van der Waals surface area contributed by atoms with Crippen molar-refractivity contribution in [2.45, 2.75) is 20.1 Å². The molecule has 3 aromatic rings. The van der Waals surface area contributed by atoms with E-state index in [-0.39, 0.29) is 11.6 Å². The topological polar surface area (TPSA) is 30.5 Å². The van der Waals surface area contributed by atoms with Crippen LogP contribution in [0.25, 0.3) is 0 Å². The molecule has 0 aromatic heterocycles. The average molecular weight is 517 g/mol. The summed E-state index contributed by atoms with van der Waals surface area (Å²) in [5.41, 5.74) is 2.27. The fourth-order valence-corrected chi connectivity index (χ4v) is 3.73. The number of halogens is 5. The van der Waals surface area contributed by atoms with Crippen molar-refractivity contribution in [3.05, 3.63) is 85.8 Å². The van der Waals surface area contributed by atoms with Crippen molar-refractivity contribution >= 4 is 44.8 Å². The Morgan fingerprint density at radius 1 is 0.967 bits per heavy atom. The van der Waals surface area contributed by atoms with Crippen LogP contribution < -0.4 is 14.8 Å². The fourth-order valence-electron chi connectivity index (χ4n) is 2.73. The summed E-state index contributed by atoms with van der Waals surface area (Å²) in [6.07, 6.45) is 0. The lowest BCUT2D eigenvalue weighted by atomic mass is 10.2. The number of anilines is 1. The summed E-state index contributed by atoms with van der Waals surface area (Å²) in [4.78, 5) is 0. The molecule has 0 fully saturated rings. The van der Waals surface area contributed by atoms with Crippen LogP contribution in [-0.2, 0) is 13.2 Å². The van der Waals surface area contributed by atoms with Gasteiger partial charge >= 0.3 is 0 Å². The highest BCUT2D eigenvalue weighted by atomic mass is 79.9. The minimum Gasteiger partial charge on any atom is -0.490 e. The van der Waals surface area contributed by atoms with Gasteiger partial charge in [-0.3, -0.25) is 0 Å². The van der Waals surface area contributed by atoms with Gasteiger partial charge in [-0.05, 0) is 70.9 Å². The predicted octanol–water partition coefficient (Wildman–Crippen LogP) is 7.62. The molecular formula is C22H18BrCl2F2NO2. The smallest absolute Gasteiger partial charge is 0.175 e. The number of benzene rings is 3. The van der Waals surface area contributed by atoms with Crippen molar-refractivity contribution < 1.29 is 18.3 Å². The lowest BCUT2D eigenvalue weighted by Crippen LogP contribution is -2.04. The molecule has 0 unspecified atom stereocenters. The highest BCUT2D eigenvalue weighted by molar-refractivity contribution is 9.10. The first-order chi connectivity index (χ1) is 14.4. The largest absolute Gasteiger partial charge is 0.490 e. The van der Waals surface area contributed by atoms with Gasteiger partial charge in [-0.1, -0.05) is 29.3 Å². The summed E-state index contributed by atoms with van der Waals surface area (Å²) >= 11 is 15.4. The van der Waals surface area contributed by atoms with Crippen LogP contribution in [0.5, 0.6) is 11.5 Å². The van der Waals surface area contributed by atoms with Crippen LogP contribution in [0, 0.1) is 11.6 Å². The maximum atomic E-state index is 13.3. The predicted molar refractivity (Wildman–Crippen MR) is 120 cm³/mol. The second-order valence-electron chi connectivity index (χ2n) is 6.34. The summed E-state index contributed by atoms with van der Waals surface area (Å²) in [5, 5.41) is 3.54. The van der Waals surface area contributed by atoms with E-state index in [1.165, 1.54) is 24.3 Å². The normalized spacial score (nSPS) is 10.7. The summed E-state index contributed by atoms with van der Waals surface area (Å²) in [6, 6.07) is 12.4. The van der Waals surface area contributed by atoms with Gasteiger partial charge < -0.3 is 14.8 Å². The van der Waals surface area contributed by atoms with E-state index < -0.39 is 11.6 Å². The molecule has 3 nitrogen and oxygen atoms in total. The third-order valence-electron chi connectivity index (χ3n) is 4.17. The quantitative estimate of drug-likeness (QED) is 0.334. The van der Waals surface area contributed by atoms with Gasteiger partial charge in [-0.15, -0.1) is 0 Å². The minimum atomic E-state index is -0.466. The van der Waals surface area contributed by atoms with Gasteiger partial charge in [0.25, 0.3) is 0 Å². The van der Waals surface area contributed by atoms with Crippen LogP contribution in [0.3, 0.4) is 0 Å². The lowest BCUT2D eigenvalue weighted by molar-refractivity contribution is 0.267. The Balaban J connectivity index is 1.76. The molecule has 8 heteroatoms. The summed E-state index contributed by atoms with van der Waals surface area (Å²) < 4.78 is 38.9. The fraction of sp³-hybridized carbons (Fsp3) is 0.182. The Labute approximate surface area is 192 Å². The van der Waals surface area contributed by atoms with Crippen LogP contribution in [0.4, 0.5) is 14.5 Å². The van der Waals surface area contributed by atoms with E-state index >= 15 is 0 Å². The van der Waals surface area contributed by atoms with Gasteiger partial charge in [0.15, 0.2) is 11.5 Å².